The van der Waals surface area contributed by atoms with Gasteiger partial charge < -0.3 is 9.47 Å². The van der Waals surface area contributed by atoms with Gasteiger partial charge >= 0.3 is 0 Å². The first kappa shape index (κ1) is 16.6. The molecule has 2 amide bonds. The van der Waals surface area contributed by atoms with Crippen LogP contribution in [0.4, 0.5) is 4.79 Å². The van der Waals surface area contributed by atoms with E-state index in [1.165, 1.54) is 16.2 Å². The minimum absolute atomic E-state index is 0.146. The van der Waals surface area contributed by atoms with Crippen molar-refractivity contribution in [3.05, 3.63) is 51.1 Å². The minimum Gasteiger partial charge on any atom is -0.497 e. The van der Waals surface area contributed by atoms with Gasteiger partial charge in [-0.2, -0.15) is 0 Å². The second-order valence-corrected chi connectivity index (χ2v) is 6.93. The van der Waals surface area contributed by atoms with Gasteiger partial charge in [0.25, 0.3) is 11.1 Å². The minimum atomic E-state index is -0.289. The highest BCUT2D eigenvalue weighted by Crippen LogP contribution is 2.35. The van der Waals surface area contributed by atoms with E-state index in [0.29, 0.717) is 16.4 Å². The van der Waals surface area contributed by atoms with Gasteiger partial charge in [0, 0.05) is 10.4 Å². The fourth-order valence-electron chi connectivity index (χ4n) is 2.31. The van der Waals surface area contributed by atoms with E-state index in [-0.39, 0.29) is 17.7 Å². The van der Waals surface area contributed by atoms with E-state index in [2.05, 4.69) is 0 Å². The fourth-order valence-corrected chi connectivity index (χ4v) is 3.88. The number of ether oxygens (including phenoxy) is 2. The molecule has 3 rings (SSSR count). The van der Waals surface area contributed by atoms with E-state index in [1.54, 1.807) is 38.5 Å². The molecule has 1 fully saturated rings. The number of benzene rings is 1. The molecule has 1 aromatic heterocycles. The summed E-state index contributed by atoms with van der Waals surface area (Å²) in [6.45, 7) is 0.146. The maximum absolute atomic E-state index is 12.5. The third-order valence-electron chi connectivity index (χ3n) is 3.51. The van der Waals surface area contributed by atoms with Crippen LogP contribution in [0.5, 0.6) is 11.5 Å². The van der Waals surface area contributed by atoms with Crippen LogP contribution in [0.15, 0.2) is 40.6 Å². The topological polar surface area (TPSA) is 55.8 Å². The van der Waals surface area contributed by atoms with E-state index in [4.69, 9.17) is 9.47 Å². The predicted molar refractivity (Wildman–Crippen MR) is 95.4 cm³/mol. The summed E-state index contributed by atoms with van der Waals surface area (Å²) in [5.41, 5.74) is 0.719. The highest BCUT2D eigenvalue weighted by Gasteiger charge is 2.35. The van der Waals surface area contributed by atoms with E-state index < -0.39 is 0 Å². The lowest BCUT2D eigenvalue weighted by atomic mass is 10.1. The van der Waals surface area contributed by atoms with Crippen LogP contribution in [0.2, 0.25) is 0 Å². The molecular weight excluding hydrogens is 346 g/mol. The molecule has 0 aliphatic carbocycles. The van der Waals surface area contributed by atoms with Crippen LogP contribution in [0.25, 0.3) is 6.08 Å². The van der Waals surface area contributed by atoms with Gasteiger partial charge in [0.1, 0.15) is 11.5 Å². The van der Waals surface area contributed by atoms with Crippen molar-refractivity contribution in [3.63, 3.8) is 0 Å². The normalized spacial score (nSPS) is 16.1. The molecule has 5 nitrogen and oxygen atoms in total. The third kappa shape index (κ3) is 3.32. The standard InChI is InChI=1S/C17H15NO4S2/c1-21-12-5-6-14(22-2)11(8-12)10-18-16(19)15(24-17(18)20)9-13-4-3-7-23-13/h3-9H,10H2,1-2H3/b15-9-. The molecule has 1 aromatic carbocycles. The third-order valence-corrected chi connectivity index (χ3v) is 5.23. The molecule has 2 aromatic rings. The molecule has 24 heavy (non-hydrogen) atoms. The van der Waals surface area contributed by atoms with Crippen molar-refractivity contribution in [1.82, 2.24) is 4.90 Å². The molecule has 1 saturated heterocycles. The number of amides is 2. The first-order valence-electron chi connectivity index (χ1n) is 7.12. The van der Waals surface area contributed by atoms with Crippen molar-refractivity contribution in [2.75, 3.05) is 14.2 Å². The Hall–Kier alpha value is -2.25. The molecule has 0 N–H and O–H groups in total. The summed E-state index contributed by atoms with van der Waals surface area (Å²) in [6.07, 6.45) is 1.75. The number of methoxy groups -OCH3 is 2. The van der Waals surface area contributed by atoms with Gasteiger partial charge in [0.2, 0.25) is 0 Å². The van der Waals surface area contributed by atoms with Crippen molar-refractivity contribution in [2.45, 2.75) is 6.54 Å². The first-order valence-corrected chi connectivity index (χ1v) is 8.81. The van der Waals surface area contributed by atoms with Gasteiger partial charge in [0.05, 0.1) is 25.7 Å². The fraction of sp³-hybridized carbons (Fsp3) is 0.176. The molecule has 2 heterocycles. The van der Waals surface area contributed by atoms with Crippen LogP contribution < -0.4 is 9.47 Å². The van der Waals surface area contributed by atoms with Crippen molar-refractivity contribution in [3.8, 4) is 11.5 Å². The Balaban J connectivity index is 1.85. The van der Waals surface area contributed by atoms with Gasteiger partial charge in [-0.15, -0.1) is 11.3 Å². The predicted octanol–water partition coefficient (Wildman–Crippen LogP) is 4.00. The molecule has 0 unspecified atom stereocenters. The van der Waals surface area contributed by atoms with Gasteiger partial charge in [-0.25, -0.2) is 0 Å². The summed E-state index contributed by atoms with van der Waals surface area (Å²) in [5.74, 6) is 0.965. The van der Waals surface area contributed by atoms with Crippen LogP contribution in [0, 0.1) is 0 Å². The molecule has 0 bridgehead atoms. The molecule has 1 aliphatic rings. The van der Waals surface area contributed by atoms with Gasteiger partial charge in [-0.1, -0.05) is 6.07 Å². The number of nitrogens with zero attached hydrogens (tertiary/aromatic N) is 1. The van der Waals surface area contributed by atoms with Gasteiger partial charge in [-0.3, -0.25) is 14.5 Å². The maximum atomic E-state index is 12.5. The van der Waals surface area contributed by atoms with E-state index in [9.17, 15) is 9.59 Å². The number of thioether (sulfide) groups is 1. The lowest BCUT2D eigenvalue weighted by Gasteiger charge is -2.16. The number of thiophene rings is 1. The number of hydrogen-bond donors (Lipinski definition) is 0. The smallest absolute Gasteiger partial charge is 0.293 e. The highest BCUT2D eigenvalue weighted by atomic mass is 32.2. The van der Waals surface area contributed by atoms with Crippen molar-refractivity contribution in [2.24, 2.45) is 0 Å². The lowest BCUT2D eigenvalue weighted by Crippen LogP contribution is -2.27. The summed E-state index contributed by atoms with van der Waals surface area (Å²) in [5, 5.41) is 1.64. The zero-order valence-electron chi connectivity index (χ0n) is 13.1. The van der Waals surface area contributed by atoms with Crippen molar-refractivity contribution in [1.29, 1.82) is 0 Å². The molecule has 0 spiro atoms. The van der Waals surface area contributed by atoms with Crippen molar-refractivity contribution >= 4 is 40.3 Å². The number of carbonyl (C=O) groups is 2. The molecule has 0 saturated carbocycles. The van der Waals surface area contributed by atoms with Crippen LogP contribution in [0.3, 0.4) is 0 Å². The monoisotopic (exact) mass is 361 g/mol. The summed E-state index contributed by atoms with van der Waals surface area (Å²) >= 11 is 2.48. The zero-order chi connectivity index (χ0) is 17.1. The first-order chi connectivity index (χ1) is 11.6. The Bertz CT molecular complexity index is 799. The number of hydrogen-bond acceptors (Lipinski definition) is 6. The molecule has 0 radical (unpaired) electrons. The van der Waals surface area contributed by atoms with E-state index >= 15 is 0 Å². The van der Waals surface area contributed by atoms with Crippen molar-refractivity contribution < 1.29 is 19.1 Å². The second-order valence-electron chi connectivity index (χ2n) is 4.96. The Morgan fingerprint density at radius 3 is 2.67 bits per heavy atom. The molecule has 0 atom stereocenters. The Morgan fingerprint density at radius 1 is 1.17 bits per heavy atom. The molecule has 124 valence electrons. The summed E-state index contributed by atoms with van der Waals surface area (Å²) < 4.78 is 10.5. The van der Waals surface area contributed by atoms with Crippen LogP contribution in [-0.4, -0.2) is 30.3 Å². The largest absolute Gasteiger partial charge is 0.497 e. The van der Waals surface area contributed by atoms with Gasteiger partial charge in [-0.05, 0) is 47.5 Å². The second kappa shape index (κ2) is 7.11. The average molecular weight is 361 g/mol. The van der Waals surface area contributed by atoms with Gasteiger partial charge in [0.15, 0.2) is 0 Å². The summed E-state index contributed by atoms with van der Waals surface area (Å²) in [4.78, 5) is 27.4. The molecule has 7 heteroatoms. The Labute approximate surface area is 147 Å². The highest BCUT2D eigenvalue weighted by molar-refractivity contribution is 8.18. The number of imide groups is 1. The summed E-state index contributed by atoms with van der Waals surface area (Å²) in [7, 11) is 3.12. The average Bonchev–Trinajstić information content (AvgIpc) is 3.19. The van der Waals surface area contributed by atoms with Crippen LogP contribution in [0.1, 0.15) is 10.4 Å². The number of carbonyl (C=O) groups excluding carboxylic acids is 2. The maximum Gasteiger partial charge on any atom is 0.293 e. The SMILES string of the molecule is COc1ccc(OC)c(CN2C(=O)S/C(=C\c3cccs3)C2=O)c1. The Morgan fingerprint density at radius 2 is 2.00 bits per heavy atom. The number of rotatable bonds is 5. The van der Waals surface area contributed by atoms with E-state index in [0.717, 1.165) is 22.2 Å². The van der Waals surface area contributed by atoms with Crippen LogP contribution >= 0.6 is 23.1 Å². The summed E-state index contributed by atoms with van der Waals surface area (Å²) in [6, 6.07) is 9.11. The quantitative estimate of drug-likeness (QED) is 0.754. The molecular formula is C17H15NO4S2. The molecule has 1 aliphatic heterocycles. The Kier molecular flexibility index (Phi) is 4.92. The lowest BCUT2D eigenvalue weighted by molar-refractivity contribution is -0.123. The van der Waals surface area contributed by atoms with E-state index in [1.807, 2.05) is 17.5 Å². The van der Waals surface area contributed by atoms with Crippen LogP contribution in [-0.2, 0) is 11.3 Å². The zero-order valence-corrected chi connectivity index (χ0v) is 14.8.